The predicted octanol–water partition coefficient (Wildman–Crippen LogP) is 5.60. The molecular formula is C22H15NOS. The van der Waals surface area contributed by atoms with Crippen LogP contribution in [0, 0.1) is 0 Å². The highest BCUT2D eigenvalue weighted by atomic mass is 32.2. The first-order valence-corrected chi connectivity index (χ1v) is 9.27. The van der Waals surface area contributed by atoms with Crippen LogP contribution in [-0.4, -0.2) is 10.5 Å². The van der Waals surface area contributed by atoms with Gasteiger partial charge in [0.25, 0.3) is 5.91 Å². The molecule has 0 spiro atoms. The highest BCUT2D eigenvalue weighted by molar-refractivity contribution is 7.98. The zero-order valence-electron chi connectivity index (χ0n) is 13.5. The van der Waals surface area contributed by atoms with E-state index in [1.807, 2.05) is 70.9 Å². The van der Waals surface area contributed by atoms with Crippen molar-refractivity contribution in [2.75, 3.05) is 0 Å². The number of fused-ring (bicyclic) bond motifs is 5. The number of rotatable bonds is 1. The van der Waals surface area contributed by atoms with Crippen molar-refractivity contribution in [2.24, 2.45) is 0 Å². The van der Waals surface area contributed by atoms with Gasteiger partial charge < -0.3 is 0 Å². The molecule has 25 heavy (non-hydrogen) atoms. The molecule has 3 aromatic carbocycles. The number of aromatic nitrogens is 1. The van der Waals surface area contributed by atoms with E-state index in [1.165, 1.54) is 15.8 Å². The summed E-state index contributed by atoms with van der Waals surface area (Å²) in [6, 6.07) is 26.1. The Kier molecular flexibility index (Phi) is 3.28. The van der Waals surface area contributed by atoms with E-state index in [2.05, 4.69) is 24.3 Å². The Hall–Kier alpha value is -2.78. The topological polar surface area (TPSA) is 22.0 Å². The van der Waals surface area contributed by atoms with Crippen molar-refractivity contribution < 1.29 is 4.79 Å². The Morgan fingerprint density at radius 1 is 0.840 bits per heavy atom. The van der Waals surface area contributed by atoms with Crippen LogP contribution in [0.15, 0.2) is 83.8 Å². The summed E-state index contributed by atoms with van der Waals surface area (Å²) in [6.45, 7) is 0. The summed E-state index contributed by atoms with van der Waals surface area (Å²) < 4.78 is 1.90. The third-order valence-corrected chi connectivity index (χ3v) is 5.82. The molecule has 2 heterocycles. The second-order valence-electron chi connectivity index (χ2n) is 6.14. The number of para-hydroxylation sites is 1. The van der Waals surface area contributed by atoms with Crippen LogP contribution >= 0.6 is 11.8 Å². The fraction of sp³-hybridized carbons (Fsp3) is 0.0455. The van der Waals surface area contributed by atoms with Crippen molar-refractivity contribution in [3.05, 3.63) is 90.0 Å². The van der Waals surface area contributed by atoms with Crippen LogP contribution in [-0.2, 0) is 5.75 Å². The molecular weight excluding hydrogens is 326 g/mol. The van der Waals surface area contributed by atoms with E-state index in [4.69, 9.17) is 0 Å². The summed E-state index contributed by atoms with van der Waals surface area (Å²) in [4.78, 5) is 14.6. The standard InChI is InChI=1S/C22H15NOS/c24-22(15-8-2-1-3-9-15)23-19-12-6-4-10-16(19)18-14-25-20-13-7-5-11-17(20)21(18)23/h1-13H,14H2. The molecule has 0 unspecified atom stereocenters. The molecule has 5 rings (SSSR count). The van der Waals surface area contributed by atoms with Crippen LogP contribution in [0.1, 0.15) is 15.9 Å². The molecule has 0 aliphatic carbocycles. The molecule has 0 fully saturated rings. The van der Waals surface area contributed by atoms with E-state index in [0.717, 1.165) is 22.5 Å². The van der Waals surface area contributed by atoms with Gasteiger partial charge in [0, 0.05) is 27.2 Å². The first-order chi connectivity index (χ1) is 12.3. The Morgan fingerprint density at radius 3 is 2.44 bits per heavy atom. The van der Waals surface area contributed by atoms with Gasteiger partial charge in [-0.15, -0.1) is 11.8 Å². The minimum Gasteiger partial charge on any atom is -0.275 e. The fourth-order valence-electron chi connectivity index (χ4n) is 3.59. The Bertz CT molecular complexity index is 1110. The van der Waals surface area contributed by atoms with Gasteiger partial charge in [0.15, 0.2) is 0 Å². The predicted molar refractivity (Wildman–Crippen MR) is 103 cm³/mol. The molecule has 0 amide bonds. The zero-order valence-corrected chi connectivity index (χ0v) is 14.3. The van der Waals surface area contributed by atoms with E-state index in [9.17, 15) is 4.79 Å². The largest absolute Gasteiger partial charge is 0.275 e. The van der Waals surface area contributed by atoms with Gasteiger partial charge >= 0.3 is 0 Å². The van der Waals surface area contributed by atoms with Gasteiger partial charge in [0.2, 0.25) is 0 Å². The summed E-state index contributed by atoms with van der Waals surface area (Å²) in [5, 5.41) is 1.17. The highest BCUT2D eigenvalue weighted by Gasteiger charge is 2.27. The van der Waals surface area contributed by atoms with E-state index in [-0.39, 0.29) is 5.91 Å². The molecule has 3 heteroatoms. The fourth-order valence-corrected chi connectivity index (χ4v) is 4.68. The molecule has 0 bridgehead atoms. The van der Waals surface area contributed by atoms with Crippen LogP contribution in [0.5, 0.6) is 0 Å². The van der Waals surface area contributed by atoms with Gasteiger partial charge in [-0.1, -0.05) is 54.6 Å². The maximum absolute atomic E-state index is 13.4. The first kappa shape index (κ1) is 14.6. The minimum absolute atomic E-state index is 0.0275. The van der Waals surface area contributed by atoms with Gasteiger partial charge in [-0.2, -0.15) is 0 Å². The molecule has 0 N–H and O–H groups in total. The lowest BCUT2D eigenvalue weighted by Crippen LogP contribution is -2.14. The molecule has 0 saturated carbocycles. The van der Waals surface area contributed by atoms with E-state index >= 15 is 0 Å². The summed E-state index contributed by atoms with van der Waals surface area (Å²) in [7, 11) is 0. The zero-order chi connectivity index (χ0) is 16.8. The van der Waals surface area contributed by atoms with Crippen LogP contribution in [0.2, 0.25) is 0 Å². The molecule has 4 aromatic rings. The first-order valence-electron chi connectivity index (χ1n) is 8.29. The second kappa shape index (κ2) is 5.64. The monoisotopic (exact) mass is 341 g/mol. The number of benzene rings is 3. The normalized spacial score (nSPS) is 12.6. The number of carbonyl (C=O) groups excluding carboxylic acids is 1. The number of hydrogen-bond donors (Lipinski definition) is 0. The molecule has 2 nitrogen and oxygen atoms in total. The molecule has 120 valence electrons. The summed E-state index contributed by atoms with van der Waals surface area (Å²) in [6.07, 6.45) is 0. The van der Waals surface area contributed by atoms with Crippen LogP contribution in [0.4, 0.5) is 0 Å². The van der Waals surface area contributed by atoms with Gasteiger partial charge in [-0.3, -0.25) is 9.36 Å². The Balaban J connectivity index is 1.87. The number of hydrogen-bond acceptors (Lipinski definition) is 2. The third kappa shape index (κ3) is 2.16. The summed E-state index contributed by atoms with van der Waals surface area (Å²) in [5.74, 6) is 0.918. The molecule has 0 radical (unpaired) electrons. The van der Waals surface area contributed by atoms with Crippen LogP contribution < -0.4 is 0 Å². The molecule has 1 aromatic heterocycles. The summed E-state index contributed by atoms with van der Waals surface area (Å²) >= 11 is 1.84. The molecule has 1 aliphatic heterocycles. The Labute approximate surface area is 150 Å². The Morgan fingerprint density at radius 2 is 1.56 bits per heavy atom. The maximum Gasteiger partial charge on any atom is 0.262 e. The smallest absolute Gasteiger partial charge is 0.262 e. The SMILES string of the molecule is O=C(c1ccccc1)n1c2c(c3ccccc31)CSc1ccccc1-2. The third-order valence-electron chi connectivity index (χ3n) is 4.72. The van der Waals surface area contributed by atoms with Gasteiger partial charge in [-0.25, -0.2) is 0 Å². The lowest BCUT2D eigenvalue weighted by Gasteiger charge is -2.18. The van der Waals surface area contributed by atoms with Crippen molar-refractivity contribution in [1.29, 1.82) is 0 Å². The van der Waals surface area contributed by atoms with Crippen molar-refractivity contribution in [1.82, 2.24) is 4.57 Å². The van der Waals surface area contributed by atoms with Gasteiger partial charge in [0.05, 0.1) is 11.2 Å². The van der Waals surface area contributed by atoms with E-state index in [0.29, 0.717) is 5.56 Å². The number of nitrogens with zero attached hydrogens (tertiary/aromatic N) is 1. The van der Waals surface area contributed by atoms with Gasteiger partial charge in [-0.05, 0) is 29.8 Å². The maximum atomic E-state index is 13.4. The van der Waals surface area contributed by atoms with Crippen LogP contribution in [0.3, 0.4) is 0 Å². The average Bonchev–Trinajstić information content (AvgIpc) is 3.03. The van der Waals surface area contributed by atoms with E-state index < -0.39 is 0 Å². The minimum atomic E-state index is 0.0275. The van der Waals surface area contributed by atoms with Gasteiger partial charge in [0.1, 0.15) is 0 Å². The number of thioether (sulfide) groups is 1. The van der Waals surface area contributed by atoms with Crippen molar-refractivity contribution in [3.8, 4) is 11.3 Å². The van der Waals surface area contributed by atoms with Crippen LogP contribution in [0.25, 0.3) is 22.2 Å². The lowest BCUT2D eigenvalue weighted by atomic mass is 10.1. The summed E-state index contributed by atoms with van der Waals surface area (Å²) in [5.41, 5.74) is 5.14. The molecule has 1 aliphatic rings. The van der Waals surface area contributed by atoms with Crippen molar-refractivity contribution in [2.45, 2.75) is 10.6 Å². The highest BCUT2D eigenvalue weighted by Crippen LogP contribution is 2.45. The molecule has 0 atom stereocenters. The quantitative estimate of drug-likeness (QED) is 0.449. The number of carbonyl (C=O) groups is 1. The van der Waals surface area contributed by atoms with Crippen molar-refractivity contribution >= 4 is 28.6 Å². The van der Waals surface area contributed by atoms with E-state index in [1.54, 1.807) is 0 Å². The average molecular weight is 341 g/mol. The molecule has 0 saturated heterocycles. The van der Waals surface area contributed by atoms with Crippen molar-refractivity contribution in [3.63, 3.8) is 0 Å². The second-order valence-corrected chi connectivity index (χ2v) is 7.15. The lowest BCUT2D eigenvalue weighted by molar-refractivity contribution is 0.0966.